The number of imidazole rings is 1. The number of hydrogen-bond acceptors (Lipinski definition) is 7. The van der Waals surface area contributed by atoms with E-state index >= 15 is 0 Å². The molecule has 1 aliphatic heterocycles. The molecule has 0 amide bonds. The van der Waals surface area contributed by atoms with Crippen LogP contribution in [0, 0.1) is 0 Å². The van der Waals surface area contributed by atoms with E-state index in [4.69, 9.17) is 15.2 Å². The summed E-state index contributed by atoms with van der Waals surface area (Å²) in [7, 11) is 4.90. The molecule has 3 rings (SSSR count). The lowest BCUT2D eigenvalue weighted by atomic mass is 10.1. The van der Waals surface area contributed by atoms with Crippen molar-refractivity contribution in [3.8, 4) is 0 Å². The van der Waals surface area contributed by atoms with Crippen molar-refractivity contribution in [2.45, 2.75) is 38.9 Å². The van der Waals surface area contributed by atoms with Crippen LogP contribution in [0.5, 0.6) is 0 Å². The van der Waals surface area contributed by atoms with Gasteiger partial charge in [0.2, 0.25) is 11.6 Å². The first-order chi connectivity index (χ1) is 11.6. The minimum Gasteiger partial charge on any atom is -0.388 e. The molecule has 2 atom stereocenters. The summed E-state index contributed by atoms with van der Waals surface area (Å²) in [6.07, 6.45) is 3.29. The molecule has 0 saturated carbocycles. The van der Waals surface area contributed by atoms with E-state index in [1.807, 2.05) is 13.8 Å². The highest BCUT2D eigenvalue weighted by Gasteiger charge is 2.29. The summed E-state index contributed by atoms with van der Waals surface area (Å²) in [5.74, 6) is 0.0585. The highest BCUT2D eigenvalue weighted by molar-refractivity contribution is 5.38. The second-order valence-corrected chi connectivity index (χ2v) is 4.95. The molecule has 1 saturated heterocycles. The van der Waals surface area contributed by atoms with Crippen molar-refractivity contribution in [1.29, 1.82) is 0 Å². The summed E-state index contributed by atoms with van der Waals surface area (Å²) >= 11 is 0. The van der Waals surface area contributed by atoms with Crippen molar-refractivity contribution < 1.29 is 14.2 Å². The van der Waals surface area contributed by atoms with Crippen LogP contribution in [-0.4, -0.2) is 53.6 Å². The Bertz CT molecular complexity index is 669. The third kappa shape index (κ3) is 4.76. The highest BCUT2D eigenvalue weighted by Crippen LogP contribution is 2.32. The maximum Gasteiger partial charge on any atom is 0.295 e. The molecular formula is C15H27N5O4. The van der Waals surface area contributed by atoms with Crippen LogP contribution < -0.4 is 11.3 Å². The summed E-state index contributed by atoms with van der Waals surface area (Å²) in [4.78, 5) is 18.2. The molecule has 0 unspecified atom stereocenters. The summed E-state index contributed by atoms with van der Waals surface area (Å²) in [6.45, 7) is 4.56. The van der Waals surface area contributed by atoms with Crippen LogP contribution in [-0.2, 0) is 14.2 Å². The van der Waals surface area contributed by atoms with Gasteiger partial charge in [-0.25, -0.2) is 9.50 Å². The fourth-order valence-corrected chi connectivity index (χ4v) is 2.38. The van der Waals surface area contributed by atoms with Crippen molar-refractivity contribution >= 4 is 11.6 Å². The summed E-state index contributed by atoms with van der Waals surface area (Å²) in [5, 5.41) is 4.08. The number of nitrogens with two attached hydrogens (primary N) is 1. The Hall–Kier alpha value is -1.97. The number of methoxy groups -OCH3 is 2. The van der Waals surface area contributed by atoms with Gasteiger partial charge in [0.1, 0.15) is 6.10 Å². The molecule has 24 heavy (non-hydrogen) atoms. The quantitative estimate of drug-likeness (QED) is 0.860. The van der Waals surface area contributed by atoms with Gasteiger partial charge in [0.15, 0.2) is 0 Å². The maximum atomic E-state index is 11.7. The minimum absolute atomic E-state index is 0.0585. The zero-order valence-electron chi connectivity index (χ0n) is 14.9. The molecule has 0 bridgehead atoms. The molecule has 0 aliphatic carbocycles. The average Bonchev–Trinajstić information content (AvgIpc) is 3.17. The number of nitrogens with one attached hydrogen (secondary N) is 1. The number of nitrogens with zero attached hydrogens (tertiary/aromatic N) is 3. The number of anilines is 1. The molecular weight excluding hydrogens is 314 g/mol. The van der Waals surface area contributed by atoms with Crippen LogP contribution >= 0.6 is 0 Å². The molecule has 1 aliphatic rings. The normalized spacial score (nSPS) is 19.4. The van der Waals surface area contributed by atoms with Crippen LogP contribution in [0.3, 0.4) is 0 Å². The van der Waals surface area contributed by atoms with E-state index in [0.717, 1.165) is 18.5 Å². The van der Waals surface area contributed by atoms with Gasteiger partial charge in [-0.1, -0.05) is 13.8 Å². The largest absolute Gasteiger partial charge is 0.388 e. The standard InChI is InChI=1S/C11H15N5O3.C2H6O.C2H6/c1-18-5-6-2-3-8(19-6)7-4-13-9-10(17)14-11(12)15-16(7)9;1-3-2;1-2/h4,6,8H,2-3,5H2,1H3,(H3,12,14,15,17);1-2H3;1-2H3/t6-,8+;;/m0../s1. The number of hydrogen-bond donors (Lipinski definition) is 2. The molecule has 1 fully saturated rings. The van der Waals surface area contributed by atoms with Crippen molar-refractivity contribution in [2.75, 3.05) is 33.7 Å². The Morgan fingerprint density at radius 3 is 2.67 bits per heavy atom. The first kappa shape index (κ1) is 20.1. The molecule has 136 valence electrons. The Morgan fingerprint density at radius 1 is 1.38 bits per heavy atom. The van der Waals surface area contributed by atoms with Gasteiger partial charge in [-0.2, -0.15) is 0 Å². The zero-order valence-corrected chi connectivity index (χ0v) is 14.9. The van der Waals surface area contributed by atoms with Crippen molar-refractivity contribution in [1.82, 2.24) is 19.6 Å². The van der Waals surface area contributed by atoms with E-state index < -0.39 is 0 Å². The third-order valence-electron chi connectivity index (χ3n) is 3.21. The number of H-pyrrole nitrogens is 1. The monoisotopic (exact) mass is 341 g/mol. The average molecular weight is 341 g/mol. The first-order valence-electron chi connectivity index (χ1n) is 7.88. The van der Waals surface area contributed by atoms with Crippen LogP contribution in [0.15, 0.2) is 11.0 Å². The van der Waals surface area contributed by atoms with Gasteiger partial charge in [-0.05, 0) is 12.8 Å². The first-order valence-corrected chi connectivity index (χ1v) is 7.88. The summed E-state index contributed by atoms with van der Waals surface area (Å²) < 4.78 is 16.6. The van der Waals surface area contributed by atoms with Crippen LogP contribution in [0.2, 0.25) is 0 Å². The van der Waals surface area contributed by atoms with E-state index in [-0.39, 0.29) is 29.4 Å². The van der Waals surface area contributed by atoms with Crippen molar-refractivity contribution in [3.05, 3.63) is 22.2 Å². The molecule has 2 aromatic heterocycles. The topological polar surface area (TPSA) is 117 Å². The molecule has 0 radical (unpaired) electrons. The minimum atomic E-state index is -0.356. The lowest BCUT2D eigenvalue weighted by molar-refractivity contribution is -0.00429. The molecule has 9 nitrogen and oxygen atoms in total. The summed E-state index contributed by atoms with van der Waals surface area (Å²) in [5.41, 5.74) is 6.16. The number of aromatic amines is 1. The number of fused-ring (bicyclic) bond motifs is 1. The molecule has 2 aromatic rings. The lowest BCUT2D eigenvalue weighted by Gasteiger charge is -2.12. The van der Waals surface area contributed by atoms with Gasteiger partial charge in [0.05, 0.1) is 24.6 Å². The van der Waals surface area contributed by atoms with Crippen LogP contribution in [0.1, 0.15) is 38.5 Å². The second kappa shape index (κ2) is 10.0. The van der Waals surface area contributed by atoms with E-state index in [9.17, 15) is 4.79 Å². The third-order valence-corrected chi connectivity index (χ3v) is 3.21. The predicted octanol–water partition coefficient (Wildman–Crippen LogP) is 1.16. The van der Waals surface area contributed by atoms with Gasteiger partial charge < -0.3 is 19.9 Å². The second-order valence-electron chi connectivity index (χ2n) is 4.95. The van der Waals surface area contributed by atoms with Crippen molar-refractivity contribution in [3.63, 3.8) is 0 Å². The van der Waals surface area contributed by atoms with Gasteiger partial charge in [-0.15, -0.1) is 5.10 Å². The number of aromatic nitrogens is 4. The van der Waals surface area contributed by atoms with Gasteiger partial charge in [0.25, 0.3) is 5.56 Å². The van der Waals surface area contributed by atoms with E-state index in [2.05, 4.69) is 19.8 Å². The number of ether oxygens (including phenoxy) is 3. The Kier molecular flexibility index (Phi) is 8.37. The van der Waals surface area contributed by atoms with Gasteiger partial charge in [-0.3, -0.25) is 9.78 Å². The van der Waals surface area contributed by atoms with E-state index in [0.29, 0.717) is 6.61 Å². The summed E-state index contributed by atoms with van der Waals surface area (Å²) in [6, 6.07) is 0. The predicted molar refractivity (Wildman–Crippen MR) is 91.0 cm³/mol. The fraction of sp³-hybridized carbons (Fsp3) is 0.667. The Balaban J connectivity index is 0.000000521. The number of nitrogen functional groups attached to an aromatic ring is 1. The zero-order chi connectivity index (χ0) is 18.1. The maximum absolute atomic E-state index is 11.7. The van der Waals surface area contributed by atoms with E-state index in [1.54, 1.807) is 27.5 Å². The van der Waals surface area contributed by atoms with Gasteiger partial charge in [0, 0.05) is 21.3 Å². The highest BCUT2D eigenvalue weighted by atomic mass is 16.5. The van der Waals surface area contributed by atoms with Crippen LogP contribution in [0.25, 0.3) is 5.65 Å². The molecule has 0 aromatic carbocycles. The van der Waals surface area contributed by atoms with E-state index in [1.165, 1.54) is 4.52 Å². The Labute approximate surface area is 141 Å². The van der Waals surface area contributed by atoms with Crippen LogP contribution in [0.4, 0.5) is 5.95 Å². The smallest absolute Gasteiger partial charge is 0.295 e. The van der Waals surface area contributed by atoms with Gasteiger partial charge >= 0.3 is 0 Å². The SMILES string of the molecule is CC.COC.COC[C@@H]1CC[C@H](c2cnc3c(=O)[nH]c(N)nn23)O1. The molecule has 3 heterocycles. The fourth-order valence-electron chi connectivity index (χ4n) is 2.38. The number of rotatable bonds is 3. The lowest BCUT2D eigenvalue weighted by Crippen LogP contribution is -2.18. The molecule has 3 N–H and O–H groups in total. The Morgan fingerprint density at radius 2 is 2.04 bits per heavy atom. The van der Waals surface area contributed by atoms with Crippen molar-refractivity contribution in [2.24, 2.45) is 0 Å². The molecule has 9 heteroatoms. The molecule has 0 spiro atoms.